The van der Waals surface area contributed by atoms with Crippen molar-refractivity contribution in [2.24, 2.45) is 22.2 Å². The molecule has 0 aliphatic carbocycles. The van der Waals surface area contributed by atoms with E-state index in [-0.39, 0.29) is 12.4 Å². The second-order valence-corrected chi connectivity index (χ2v) is 7.81. The van der Waals surface area contributed by atoms with E-state index in [0.717, 1.165) is 0 Å². The van der Waals surface area contributed by atoms with Gasteiger partial charge in [-0.05, 0) is 39.0 Å². The van der Waals surface area contributed by atoms with Crippen molar-refractivity contribution >= 4 is 35.6 Å². The van der Waals surface area contributed by atoms with E-state index < -0.39 is 60.2 Å². The number of carboxylic acids is 2. The number of hydrogen-bond acceptors (Lipinski definition) is 7. The second kappa shape index (κ2) is 13.2. The summed E-state index contributed by atoms with van der Waals surface area (Å²) in [6.07, 6.45) is 0.994. The molecule has 4 unspecified atom stereocenters. The van der Waals surface area contributed by atoms with Gasteiger partial charge in [0, 0.05) is 19.5 Å². The fourth-order valence-corrected chi connectivity index (χ4v) is 3.34. The van der Waals surface area contributed by atoms with Crippen LogP contribution in [0.5, 0.6) is 0 Å². The van der Waals surface area contributed by atoms with E-state index >= 15 is 0 Å². The van der Waals surface area contributed by atoms with Crippen molar-refractivity contribution in [3.63, 3.8) is 0 Å². The van der Waals surface area contributed by atoms with Crippen molar-refractivity contribution in [3.05, 3.63) is 0 Å². The van der Waals surface area contributed by atoms with Crippen LogP contribution in [0.1, 0.15) is 45.4 Å². The Kier molecular flexibility index (Phi) is 11.0. The minimum absolute atomic E-state index is 0.0644. The molecule has 1 heterocycles. The highest BCUT2D eigenvalue weighted by Gasteiger charge is 2.37. The standard InChI is InChI=1S/C19H33N7O7/c1-10(18(32)33)24-15(29)12(6-7-14(27)28)25-16(30)13-5-3-9-26(13)17(31)11(20)4-2-8-23-19(21)22/h10-13H,2-9,20H2,1H3,(H,24,29)(H,25,30)(H,27,28)(H,32,33)(H4,21,22,23). The summed E-state index contributed by atoms with van der Waals surface area (Å²) in [4.78, 5) is 65.1. The van der Waals surface area contributed by atoms with E-state index in [2.05, 4.69) is 15.6 Å². The van der Waals surface area contributed by atoms with Gasteiger partial charge in [-0.2, -0.15) is 0 Å². The minimum atomic E-state index is -1.28. The molecule has 1 rings (SSSR count). The molecule has 186 valence electrons. The van der Waals surface area contributed by atoms with Gasteiger partial charge in [0.05, 0.1) is 6.04 Å². The second-order valence-electron chi connectivity index (χ2n) is 7.81. The van der Waals surface area contributed by atoms with Gasteiger partial charge in [0.15, 0.2) is 5.96 Å². The zero-order valence-corrected chi connectivity index (χ0v) is 18.5. The topological polar surface area (TPSA) is 244 Å². The number of likely N-dealkylation sites (tertiary alicyclic amines) is 1. The molecule has 0 radical (unpaired) electrons. The number of rotatable bonds is 13. The molecule has 10 N–H and O–H groups in total. The van der Waals surface area contributed by atoms with Crippen LogP contribution in [0.4, 0.5) is 0 Å². The zero-order valence-electron chi connectivity index (χ0n) is 18.5. The Labute approximate surface area is 190 Å². The molecule has 0 aromatic carbocycles. The van der Waals surface area contributed by atoms with Gasteiger partial charge in [0.25, 0.3) is 0 Å². The molecule has 0 aromatic rings. The first kappa shape index (κ1) is 27.6. The Morgan fingerprint density at radius 3 is 2.36 bits per heavy atom. The first-order chi connectivity index (χ1) is 15.4. The summed E-state index contributed by atoms with van der Waals surface area (Å²) in [5.41, 5.74) is 16.5. The minimum Gasteiger partial charge on any atom is -0.481 e. The number of aliphatic carboxylic acids is 2. The van der Waals surface area contributed by atoms with Crippen molar-refractivity contribution < 1.29 is 34.2 Å². The Balaban J connectivity index is 2.80. The summed E-state index contributed by atoms with van der Waals surface area (Å²) in [5, 5.41) is 22.6. The maximum Gasteiger partial charge on any atom is 0.325 e. The van der Waals surface area contributed by atoms with Crippen LogP contribution in [0.25, 0.3) is 0 Å². The van der Waals surface area contributed by atoms with Crippen molar-refractivity contribution in [2.45, 2.75) is 69.6 Å². The maximum atomic E-state index is 12.9. The molecule has 0 aromatic heterocycles. The van der Waals surface area contributed by atoms with Crippen molar-refractivity contribution in [1.29, 1.82) is 0 Å². The number of carbonyl (C=O) groups is 5. The fraction of sp³-hybridized carbons (Fsp3) is 0.684. The highest BCUT2D eigenvalue weighted by Crippen LogP contribution is 2.19. The van der Waals surface area contributed by atoms with Crippen LogP contribution in [-0.4, -0.2) is 88.0 Å². The van der Waals surface area contributed by atoms with Crippen LogP contribution in [0, 0.1) is 0 Å². The van der Waals surface area contributed by atoms with Crippen LogP contribution < -0.4 is 27.8 Å². The molecule has 33 heavy (non-hydrogen) atoms. The molecule has 0 saturated carbocycles. The molecular formula is C19H33N7O7. The van der Waals surface area contributed by atoms with Crippen molar-refractivity contribution in [2.75, 3.05) is 13.1 Å². The largest absolute Gasteiger partial charge is 0.481 e. The van der Waals surface area contributed by atoms with E-state index in [1.807, 2.05) is 0 Å². The zero-order chi connectivity index (χ0) is 25.1. The van der Waals surface area contributed by atoms with Gasteiger partial charge >= 0.3 is 11.9 Å². The number of amides is 3. The molecule has 1 fully saturated rings. The van der Waals surface area contributed by atoms with Crippen LogP contribution in [0.2, 0.25) is 0 Å². The number of aliphatic imine (C=N–C) groups is 1. The summed E-state index contributed by atoms with van der Waals surface area (Å²) < 4.78 is 0. The quantitative estimate of drug-likeness (QED) is 0.0831. The van der Waals surface area contributed by atoms with E-state index in [0.29, 0.717) is 38.8 Å². The predicted molar refractivity (Wildman–Crippen MR) is 117 cm³/mol. The van der Waals surface area contributed by atoms with Gasteiger partial charge in [-0.1, -0.05) is 0 Å². The van der Waals surface area contributed by atoms with Gasteiger partial charge in [-0.25, -0.2) is 0 Å². The molecule has 0 bridgehead atoms. The first-order valence-electron chi connectivity index (χ1n) is 10.6. The van der Waals surface area contributed by atoms with Gasteiger partial charge < -0.3 is 42.9 Å². The van der Waals surface area contributed by atoms with Gasteiger partial charge in [0.1, 0.15) is 18.1 Å². The summed E-state index contributed by atoms with van der Waals surface area (Å²) in [7, 11) is 0. The highest BCUT2D eigenvalue weighted by atomic mass is 16.4. The van der Waals surface area contributed by atoms with Gasteiger partial charge in [-0.3, -0.25) is 29.0 Å². The third kappa shape index (κ3) is 9.31. The Hall–Kier alpha value is -3.42. The summed E-state index contributed by atoms with van der Waals surface area (Å²) in [5.74, 6) is -4.42. The highest BCUT2D eigenvalue weighted by molar-refractivity contribution is 5.94. The number of hydrogen-bond donors (Lipinski definition) is 7. The van der Waals surface area contributed by atoms with Crippen LogP contribution >= 0.6 is 0 Å². The molecule has 1 saturated heterocycles. The Morgan fingerprint density at radius 1 is 1.12 bits per heavy atom. The van der Waals surface area contributed by atoms with Crippen LogP contribution in [0.15, 0.2) is 4.99 Å². The lowest BCUT2D eigenvalue weighted by Crippen LogP contribution is -2.56. The third-order valence-corrected chi connectivity index (χ3v) is 5.13. The maximum absolute atomic E-state index is 12.9. The number of guanidine groups is 1. The van der Waals surface area contributed by atoms with Crippen LogP contribution in [0.3, 0.4) is 0 Å². The molecule has 4 atom stereocenters. The van der Waals surface area contributed by atoms with E-state index in [1.54, 1.807) is 0 Å². The SMILES string of the molecule is CC(NC(=O)C(CCC(=O)O)NC(=O)C1CCCN1C(=O)C(N)CCCN=C(N)N)C(=O)O. The monoisotopic (exact) mass is 471 g/mol. The third-order valence-electron chi connectivity index (χ3n) is 5.13. The molecular weight excluding hydrogens is 438 g/mol. The average Bonchev–Trinajstić information content (AvgIpc) is 3.22. The van der Waals surface area contributed by atoms with Crippen molar-refractivity contribution in [3.8, 4) is 0 Å². The molecule has 0 spiro atoms. The smallest absolute Gasteiger partial charge is 0.325 e. The first-order valence-corrected chi connectivity index (χ1v) is 10.6. The van der Waals surface area contributed by atoms with E-state index in [9.17, 15) is 24.0 Å². The number of nitrogens with two attached hydrogens (primary N) is 3. The summed E-state index contributed by atoms with van der Waals surface area (Å²) >= 11 is 0. The lowest BCUT2D eigenvalue weighted by Gasteiger charge is -2.28. The van der Waals surface area contributed by atoms with Gasteiger partial charge in [0.2, 0.25) is 17.7 Å². The van der Waals surface area contributed by atoms with Crippen molar-refractivity contribution in [1.82, 2.24) is 15.5 Å². The predicted octanol–water partition coefficient (Wildman–Crippen LogP) is -2.70. The van der Waals surface area contributed by atoms with E-state index in [1.165, 1.54) is 11.8 Å². The molecule has 3 amide bonds. The lowest BCUT2D eigenvalue weighted by atomic mass is 10.1. The van der Waals surface area contributed by atoms with Gasteiger partial charge in [-0.15, -0.1) is 0 Å². The number of nitrogens with one attached hydrogen (secondary N) is 2. The number of carboxylic acid groups (broad SMARTS) is 2. The summed E-state index contributed by atoms with van der Waals surface area (Å²) in [6.45, 7) is 1.85. The Bertz CT molecular complexity index is 770. The molecule has 14 heteroatoms. The number of carbonyl (C=O) groups excluding carboxylic acids is 3. The van der Waals surface area contributed by atoms with E-state index in [4.69, 9.17) is 27.4 Å². The van der Waals surface area contributed by atoms with Crippen LogP contribution in [-0.2, 0) is 24.0 Å². The Morgan fingerprint density at radius 2 is 1.79 bits per heavy atom. The number of nitrogens with zero attached hydrogens (tertiary/aromatic N) is 2. The molecule has 14 nitrogen and oxygen atoms in total. The molecule has 1 aliphatic heterocycles. The average molecular weight is 472 g/mol. The normalized spacial score (nSPS) is 18.0. The summed E-state index contributed by atoms with van der Waals surface area (Å²) in [6, 6.07) is -4.25. The lowest BCUT2D eigenvalue weighted by molar-refractivity contribution is -0.143. The fourth-order valence-electron chi connectivity index (χ4n) is 3.34. The molecule has 1 aliphatic rings.